The molecule has 0 saturated heterocycles. The van der Waals surface area contributed by atoms with E-state index in [-0.39, 0.29) is 29.1 Å². The van der Waals surface area contributed by atoms with Crippen LogP contribution in [0.3, 0.4) is 0 Å². The summed E-state index contributed by atoms with van der Waals surface area (Å²) in [4.78, 5) is 19.2. The number of rotatable bonds is 5. The molecular weight excluding hydrogens is 546 g/mol. The van der Waals surface area contributed by atoms with E-state index in [1.165, 1.54) is 6.20 Å². The predicted molar refractivity (Wildman–Crippen MR) is 143 cm³/mol. The Hall–Kier alpha value is -4.20. The van der Waals surface area contributed by atoms with Gasteiger partial charge in [-0.2, -0.15) is 18.4 Å². The van der Waals surface area contributed by atoms with Gasteiger partial charge >= 0.3 is 12.2 Å². The Kier molecular flexibility index (Phi) is 7.61. The lowest BCUT2D eigenvalue weighted by Crippen LogP contribution is -2.34. The number of alkyl halides is 3. The molecule has 1 aliphatic heterocycles. The molecule has 40 heavy (non-hydrogen) atoms. The molecule has 2 aromatic carbocycles. The van der Waals surface area contributed by atoms with E-state index in [0.717, 1.165) is 16.2 Å². The summed E-state index contributed by atoms with van der Waals surface area (Å²) in [7, 11) is 0. The summed E-state index contributed by atoms with van der Waals surface area (Å²) in [6.07, 6.45) is 0.860. The topological polar surface area (TPSA) is 74.0 Å². The maximum atomic E-state index is 15.3. The summed E-state index contributed by atoms with van der Waals surface area (Å²) in [6.45, 7) is 1.33. The lowest BCUT2D eigenvalue weighted by molar-refractivity contribution is -0.137. The molecule has 0 saturated carbocycles. The zero-order chi connectivity index (χ0) is 28.4. The fraction of sp³-hybridized carbons (Fsp3) is 0.207. The van der Waals surface area contributed by atoms with Crippen molar-refractivity contribution in [2.45, 2.75) is 25.7 Å². The molecule has 1 amide bonds. The second-order valence-corrected chi connectivity index (χ2v) is 9.76. The molecule has 1 aliphatic rings. The van der Waals surface area contributed by atoms with Crippen LogP contribution in [0.1, 0.15) is 33.5 Å². The number of nitriles is 1. The highest BCUT2D eigenvalue weighted by molar-refractivity contribution is 6.29. The van der Waals surface area contributed by atoms with E-state index in [0.29, 0.717) is 48.0 Å². The molecule has 6 nitrogen and oxygen atoms in total. The SMILES string of the molecule is N#Cc1ccc(/C=C/CN2CCc3c(c4c(F)cc(C(F)(F)F)cc4n3C(=O)NCc3ccnc(Cl)c3)C2)cc1. The van der Waals surface area contributed by atoms with Gasteiger partial charge in [-0.25, -0.2) is 14.2 Å². The van der Waals surface area contributed by atoms with Crippen LogP contribution in [0.2, 0.25) is 5.15 Å². The second-order valence-electron chi connectivity index (χ2n) is 9.38. The van der Waals surface area contributed by atoms with Crippen LogP contribution >= 0.6 is 11.6 Å². The first kappa shape index (κ1) is 27.4. The van der Waals surface area contributed by atoms with Crippen molar-refractivity contribution in [2.24, 2.45) is 0 Å². The van der Waals surface area contributed by atoms with Crippen molar-refractivity contribution in [3.8, 4) is 6.07 Å². The highest BCUT2D eigenvalue weighted by Gasteiger charge is 2.35. The molecule has 0 fully saturated rings. The van der Waals surface area contributed by atoms with Gasteiger partial charge in [-0.3, -0.25) is 9.47 Å². The third kappa shape index (κ3) is 5.71. The van der Waals surface area contributed by atoms with E-state index >= 15 is 4.39 Å². The van der Waals surface area contributed by atoms with Crippen LogP contribution in [0.25, 0.3) is 17.0 Å². The van der Waals surface area contributed by atoms with E-state index in [1.54, 1.807) is 24.3 Å². The average Bonchev–Trinajstić information content (AvgIpc) is 3.26. The Morgan fingerprint density at radius 1 is 1.18 bits per heavy atom. The van der Waals surface area contributed by atoms with Gasteiger partial charge in [0.25, 0.3) is 0 Å². The van der Waals surface area contributed by atoms with Gasteiger partial charge in [0.1, 0.15) is 11.0 Å². The van der Waals surface area contributed by atoms with Gasteiger partial charge in [0.2, 0.25) is 0 Å². The van der Waals surface area contributed by atoms with Crippen molar-refractivity contribution in [3.05, 3.63) is 105 Å². The van der Waals surface area contributed by atoms with Crippen LogP contribution in [-0.2, 0) is 25.7 Å². The summed E-state index contributed by atoms with van der Waals surface area (Å²) >= 11 is 5.91. The first-order valence-corrected chi connectivity index (χ1v) is 12.7. The van der Waals surface area contributed by atoms with E-state index < -0.39 is 23.6 Å². The number of hydrogen-bond donors (Lipinski definition) is 1. The molecule has 0 aliphatic carbocycles. The zero-order valence-electron chi connectivity index (χ0n) is 21.0. The first-order chi connectivity index (χ1) is 19.1. The van der Waals surface area contributed by atoms with Gasteiger partial charge in [-0.15, -0.1) is 0 Å². The molecule has 0 bridgehead atoms. The van der Waals surface area contributed by atoms with E-state index in [2.05, 4.69) is 16.4 Å². The number of fused-ring (bicyclic) bond motifs is 3. The Balaban J connectivity index is 1.45. The summed E-state index contributed by atoms with van der Waals surface area (Å²) in [5.41, 5.74) is 1.79. The molecule has 5 rings (SSSR count). The minimum Gasteiger partial charge on any atom is -0.333 e. The number of carbonyl (C=O) groups excluding carboxylic acids is 1. The third-order valence-corrected chi connectivity index (χ3v) is 6.96. The molecule has 4 aromatic rings. The number of halogens is 5. The van der Waals surface area contributed by atoms with Crippen molar-refractivity contribution in [1.29, 1.82) is 5.26 Å². The quantitative estimate of drug-likeness (QED) is 0.219. The Labute approximate surface area is 232 Å². The standard InChI is InChI=1S/C29H22ClF4N5O/c30-26-12-20(7-9-36-26)16-37-28(40)39-24-8-11-38(10-1-2-18-3-5-19(15-35)6-4-18)17-22(24)27-23(31)13-21(14-25(27)39)29(32,33)34/h1-7,9,12-14H,8,10-11,16-17H2,(H,37,40)/b2-1+. The molecule has 11 heteroatoms. The van der Waals surface area contributed by atoms with Crippen molar-refractivity contribution < 1.29 is 22.4 Å². The number of amides is 1. The number of pyridine rings is 1. The van der Waals surface area contributed by atoms with Crippen LogP contribution in [0, 0.1) is 17.1 Å². The summed E-state index contributed by atoms with van der Waals surface area (Å²) < 4.78 is 57.2. The number of nitrogens with zero attached hydrogens (tertiary/aromatic N) is 4. The van der Waals surface area contributed by atoms with E-state index in [9.17, 15) is 18.0 Å². The minimum absolute atomic E-state index is 0.00544. The highest BCUT2D eigenvalue weighted by Crippen LogP contribution is 2.38. The van der Waals surface area contributed by atoms with E-state index in [1.807, 2.05) is 29.2 Å². The molecule has 0 unspecified atom stereocenters. The van der Waals surface area contributed by atoms with Gasteiger partial charge in [0, 0.05) is 49.9 Å². The maximum absolute atomic E-state index is 15.3. The smallest absolute Gasteiger partial charge is 0.333 e. The molecule has 204 valence electrons. The molecule has 0 spiro atoms. The number of benzene rings is 2. The van der Waals surface area contributed by atoms with Crippen LogP contribution in [0.5, 0.6) is 0 Å². The highest BCUT2D eigenvalue weighted by atomic mass is 35.5. The van der Waals surface area contributed by atoms with Gasteiger partial charge in [0.05, 0.1) is 22.7 Å². The largest absolute Gasteiger partial charge is 0.416 e. The molecule has 1 N–H and O–H groups in total. The average molecular weight is 568 g/mol. The zero-order valence-corrected chi connectivity index (χ0v) is 21.7. The van der Waals surface area contributed by atoms with Crippen LogP contribution < -0.4 is 5.32 Å². The predicted octanol–water partition coefficient (Wildman–Crippen LogP) is 6.55. The number of nitrogens with one attached hydrogen (secondary N) is 1. The fourth-order valence-electron chi connectivity index (χ4n) is 4.86. The minimum atomic E-state index is -4.78. The monoisotopic (exact) mass is 567 g/mol. The molecule has 2 aromatic heterocycles. The summed E-state index contributed by atoms with van der Waals surface area (Å²) in [5, 5.41) is 11.9. The molecule has 0 radical (unpaired) electrons. The maximum Gasteiger partial charge on any atom is 0.416 e. The molecular formula is C29H22ClF4N5O. The Morgan fingerprint density at radius 3 is 2.65 bits per heavy atom. The van der Waals surface area contributed by atoms with Crippen LogP contribution in [0.4, 0.5) is 22.4 Å². The van der Waals surface area contributed by atoms with Gasteiger partial charge < -0.3 is 5.32 Å². The Bertz CT molecular complexity index is 1650. The van der Waals surface area contributed by atoms with Gasteiger partial charge in [-0.05, 0) is 53.1 Å². The van der Waals surface area contributed by atoms with Gasteiger partial charge in [0.15, 0.2) is 0 Å². The lowest BCUT2D eigenvalue weighted by atomic mass is 10.0. The number of aromatic nitrogens is 2. The molecule has 0 atom stereocenters. The normalized spacial score (nSPS) is 13.9. The third-order valence-electron chi connectivity index (χ3n) is 6.76. The van der Waals surface area contributed by atoms with Crippen molar-refractivity contribution in [2.75, 3.05) is 13.1 Å². The fourth-order valence-corrected chi connectivity index (χ4v) is 5.06. The van der Waals surface area contributed by atoms with E-state index in [4.69, 9.17) is 16.9 Å². The van der Waals surface area contributed by atoms with Crippen molar-refractivity contribution >= 4 is 34.6 Å². The van der Waals surface area contributed by atoms with Crippen molar-refractivity contribution in [1.82, 2.24) is 19.8 Å². The number of hydrogen-bond acceptors (Lipinski definition) is 4. The van der Waals surface area contributed by atoms with Crippen LogP contribution in [0.15, 0.2) is 60.8 Å². The second kappa shape index (κ2) is 11.1. The summed E-state index contributed by atoms with van der Waals surface area (Å²) in [5.74, 6) is -1.02. The van der Waals surface area contributed by atoms with Gasteiger partial charge in [-0.1, -0.05) is 35.9 Å². The summed E-state index contributed by atoms with van der Waals surface area (Å²) in [6, 6.07) is 13.0. The van der Waals surface area contributed by atoms with Crippen LogP contribution in [-0.4, -0.2) is 33.6 Å². The lowest BCUT2D eigenvalue weighted by Gasteiger charge is -2.27. The number of carbonyl (C=O) groups is 1. The Morgan fingerprint density at radius 2 is 1.95 bits per heavy atom. The van der Waals surface area contributed by atoms with Crippen molar-refractivity contribution in [3.63, 3.8) is 0 Å². The molecule has 3 heterocycles. The first-order valence-electron chi connectivity index (χ1n) is 12.3.